The van der Waals surface area contributed by atoms with Crippen LogP contribution in [0, 0.1) is 0 Å². The van der Waals surface area contributed by atoms with E-state index in [4.69, 9.17) is 0 Å². The molecule has 2 atom stereocenters. The Bertz CT molecular complexity index is 1590. The zero-order valence-corrected chi connectivity index (χ0v) is 24.1. The molecule has 1 amide bonds. The largest absolute Gasteiger partial charge is 0.341 e. The topological polar surface area (TPSA) is 68.0 Å². The Kier molecular flexibility index (Phi) is 8.04. The van der Waals surface area contributed by atoms with Crippen molar-refractivity contribution >= 4 is 45.2 Å². The SMILES string of the molecule is CCC(c1nnc(SC(C)C(=O)Nc2ccc3c(c2)c2ccccc2n3CC)n1Cc1ccccc1)N(C)C. The summed E-state index contributed by atoms with van der Waals surface area (Å²) in [6.07, 6.45) is 0.914. The van der Waals surface area contributed by atoms with Gasteiger partial charge in [0.25, 0.3) is 0 Å². The average molecular weight is 541 g/mol. The molecule has 39 heavy (non-hydrogen) atoms. The lowest BCUT2D eigenvalue weighted by molar-refractivity contribution is -0.115. The number of anilines is 1. The van der Waals surface area contributed by atoms with Crippen molar-refractivity contribution in [2.24, 2.45) is 0 Å². The number of nitrogens with zero attached hydrogens (tertiary/aromatic N) is 5. The first-order valence-corrected chi connectivity index (χ1v) is 14.4. The molecule has 0 saturated carbocycles. The molecule has 2 unspecified atom stereocenters. The van der Waals surface area contributed by atoms with Crippen LogP contribution in [0.5, 0.6) is 0 Å². The number of benzene rings is 3. The third kappa shape index (κ3) is 5.44. The number of hydrogen-bond donors (Lipinski definition) is 1. The van der Waals surface area contributed by atoms with E-state index in [-0.39, 0.29) is 17.2 Å². The number of nitrogens with one attached hydrogen (secondary N) is 1. The fourth-order valence-corrected chi connectivity index (χ4v) is 6.11. The molecule has 0 fully saturated rings. The lowest BCUT2D eigenvalue weighted by atomic mass is 10.1. The Morgan fingerprint density at radius 3 is 2.36 bits per heavy atom. The highest BCUT2D eigenvalue weighted by Crippen LogP contribution is 2.32. The van der Waals surface area contributed by atoms with Crippen LogP contribution in [0.1, 0.15) is 44.6 Å². The summed E-state index contributed by atoms with van der Waals surface area (Å²) in [6.45, 7) is 7.78. The summed E-state index contributed by atoms with van der Waals surface area (Å²) < 4.78 is 4.47. The van der Waals surface area contributed by atoms with Gasteiger partial charge in [-0.3, -0.25) is 9.69 Å². The number of para-hydroxylation sites is 1. The third-order valence-electron chi connectivity index (χ3n) is 7.24. The van der Waals surface area contributed by atoms with Crippen molar-refractivity contribution in [3.05, 3.63) is 84.2 Å². The van der Waals surface area contributed by atoms with E-state index in [0.717, 1.165) is 35.0 Å². The van der Waals surface area contributed by atoms with Gasteiger partial charge in [-0.05, 0) is 64.2 Å². The van der Waals surface area contributed by atoms with Gasteiger partial charge in [-0.15, -0.1) is 10.2 Å². The normalized spacial score (nSPS) is 13.3. The lowest BCUT2D eigenvalue weighted by Gasteiger charge is -2.23. The number of hydrogen-bond acceptors (Lipinski definition) is 5. The van der Waals surface area contributed by atoms with Crippen LogP contribution in [0.4, 0.5) is 5.69 Å². The highest BCUT2D eigenvalue weighted by Gasteiger charge is 2.25. The summed E-state index contributed by atoms with van der Waals surface area (Å²) in [5.41, 5.74) is 4.35. The number of rotatable bonds is 10. The van der Waals surface area contributed by atoms with Crippen molar-refractivity contribution in [1.82, 2.24) is 24.2 Å². The van der Waals surface area contributed by atoms with E-state index < -0.39 is 0 Å². The molecule has 202 valence electrons. The Hall–Kier alpha value is -3.62. The minimum atomic E-state index is -0.358. The van der Waals surface area contributed by atoms with Crippen molar-refractivity contribution in [2.45, 2.75) is 56.7 Å². The fraction of sp³-hybridized carbons (Fsp3) is 0.323. The highest BCUT2D eigenvalue weighted by atomic mass is 32.2. The molecule has 0 aliphatic heterocycles. The van der Waals surface area contributed by atoms with Gasteiger partial charge in [-0.25, -0.2) is 0 Å². The van der Waals surface area contributed by atoms with E-state index in [1.807, 2.05) is 31.2 Å². The number of aromatic nitrogens is 4. The van der Waals surface area contributed by atoms with Gasteiger partial charge in [0.1, 0.15) is 0 Å². The first-order valence-electron chi connectivity index (χ1n) is 13.5. The molecule has 0 saturated heterocycles. The Morgan fingerprint density at radius 1 is 0.923 bits per heavy atom. The fourth-order valence-electron chi connectivity index (χ4n) is 5.25. The molecule has 5 aromatic rings. The summed E-state index contributed by atoms with van der Waals surface area (Å²) in [5.74, 6) is 0.855. The van der Waals surface area contributed by atoms with Crippen LogP contribution < -0.4 is 5.32 Å². The molecule has 0 spiro atoms. The number of carbonyl (C=O) groups is 1. The molecule has 0 radical (unpaired) electrons. The maximum Gasteiger partial charge on any atom is 0.237 e. The van der Waals surface area contributed by atoms with E-state index >= 15 is 0 Å². The van der Waals surface area contributed by atoms with Crippen molar-refractivity contribution in [3.8, 4) is 0 Å². The van der Waals surface area contributed by atoms with E-state index in [2.05, 4.69) is 106 Å². The van der Waals surface area contributed by atoms with E-state index in [9.17, 15) is 4.79 Å². The number of carbonyl (C=O) groups excluding carboxylic acids is 1. The van der Waals surface area contributed by atoms with Crippen molar-refractivity contribution in [2.75, 3.05) is 19.4 Å². The monoisotopic (exact) mass is 540 g/mol. The number of aryl methyl sites for hydroxylation is 1. The van der Waals surface area contributed by atoms with Crippen molar-refractivity contribution in [1.29, 1.82) is 0 Å². The predicted octanol–water partition coefficient (Wildman–Crippen LogP) is 6.59. The summed E-state index contributed by atoms with van der Waals surface area (Å²) in [6, 6.07) is 25.0. The molecule has 0 bridgehead atoms. The second kappa shape index (κ2) is 11.6. The van der Waals surface area contributed by atoms with Gasteiger partial charge in [0, 0.05) is 34.0 Å². The van der Waals surface area contributed by atoms with Gasteiger partial charge >= 0.3 is 0 Å². The summed E-state index contributed by atoms with van der Waals surface area (Å²) in [5, 5.41) is 15.0. The molecule has 7 nitrogen and oxygen atoms in total. The summed E-state index contributed by atoms with van der Waals surface area (Å²) in [7, 11) is 4.13. The quantitative estimate of drug-likeness (QED) is 0.203. The van der Waals surface area contributed by atoms with E-state index in [1.54, 1.807) is 0 Å². The first kappa shape index (κ1) is 27.0. The maximum absolute atomic E-state index is 13.3. The molecule has 0 aliphatic rings. The zero-order valence-electron chi connectivity index (χ0n) is 23.3. The van der Waals surface area contributed by atoms with Crippen LogP contribution in [-0.2, 0) is 17.9 Å². The van der Waals surface area contributed by atoms with E-state index in [1.165, 1.54) is 33.7 Å². The highest BCUT2D eigenvalue weighted by molar-refractivity contribution is 8.00. The minimum Gasteiger partial charge on any atom is -0.341 e. The minimum absolute atomic E-state index is 0.0611. The number of thioether (sulfide) groups is 1. The van der Waals surface area contributed by atoms with Crippen LogP contribution >= 0.6 is 11.8 Å². The molecule has 3 aromatic carbocycles. The van der Waals surface area contributed by atoms with Gasteiger partial charge in [-0.1, -0.05) is 67.2 Å². The lowest BCUT2D eigenvalue weighted by Crippen LogP contribution is -2.25. The molecule has 1 N–H and O–H groups in total. The molecule has 2 aromatic heterocycles. The van der Waals surface area contributed by atoms with Crippen LogP contribution in [0.25, 0.3) is 21.8 Å². The average Bonchev–Trinajstić information content (AvgIpc) is 3.47. The number of amides is 1. The molecule has 8 heteroatoms. The van der Waals surface area contributed by atoms with Crippen LogP contribution in [-0.4, -0.2) is 49.5 Å². The Morgan fingerprint density at radius 2 is 1.64 bits per heavy atom. The Labute approximate surface area is 234 Å². The predicted molar refractivity (Wildman–Crippen MR) is 161 cm³/mol. The number of fused-ring (bicyclic) bond motifs is 3. The molecule has 5 rings (SSSR count). The van der Waals surface area contributed by atoms with Crippen LogP contribution in [0.3, 0.4) is 0 Å². The maximum atomic E-state index is 13.3. The second-order valence-electron chi connectivity index (χ2n) is 10.0. The van der Waals surface area contributed by atoms with Gasteiger partial charge in [0.2, 0.25) is 5.91 Å². The first-order chi connectivity index (χ1) is 18.9. The molecule has 2 heterocycles. The van der Waals surface area contributed by atoms with Gasteiger partial charge in [-0.2, -0.15) is 0 Å². The molecule has 0 aliphatic carbocycles. The van der Waals surface area contributed by atoms with Gasteiger partial charge < -0.3 is 14.5 Å². The summed E-state index contributed by atoms with van der Waals surface area (Å²) in [4.78, 5) is 15.5. The van der Waals surface area contributed by atoms with Gasteiger partial charge in [0.05, 0.1) is 17.8 Å². The standard InChI is InChI=1S/C31H36N6OS/c1-6-26(35(4)5)29-33-34-31(37(29)20-22-13-9-8-10-14-22)39-21(3)30(38)32-23-17-18-28-25(19-23)24-15-11-12-16-27(24)36(28)7-2/h8-19,21,26H,6-7,20H2,1-5H3,(H,32,38). The molecular formula is C31H36N6OS. The Balaban J connectivity index is 1.39. The smallest absolute Gasteiger partial charge is 0.237 e. The third-order valence-corrected chi connectivity index (χ3v) is 8.33. The second-order valence-corrected chi connectivity index (χ2v) is 11.4. The van der Waals surface area contributed by atoms with Crippen LogP contribution in [0.15, 0.2) is 78.0 Å². The van der Waals surface area contributed by atoms with Crippen LogP contribution in [0.2, 0.25) is 0 Å². The van der Waals surface area contributed by atoms with Gasteiger partial charge in [0.15, 0.2) is 11.0 Å². The summed E-state index contributed by atoms with van der Waals surface area (Å²) >= 11 is 1.45. The molecular weight excluding hydrogens is 504 g/mol. The zero-order chi connectivity index (χ0) is 27.5. The van der Waals surface area contributed by atoms with Crippen molar-refractivity contribution < 1.29 is 4.79 Å². The van der Waals surface area contributed by atoms with E-state index in [0.29, 0.717) is 6.54 Å². The van der Waals surface area contributed by atoms with Crippen molar-refractivity contribution in [3.63, 3.8) is 0 Å².